The molecule has 0 bridgehead atoms. The second kappa shape index (κ2) is 8.83. The Bertz CT molecular complexity index is 478. The number of amides is 2. The highest BCUT2D eigenvalue weighted by Gasteiger charge is 2.14. The van der Waals surface area contributed by atoms with Gasteiger partial charge in [-0.1, -0.05) is 36.9 Å². The summed E-state index contributed by atoms with van der Waals surface area (Å²) < 4.78 is 0.739. The molecule has 0 spiro atoms. The Labute approximate surface area is 132 Å². The van der Waals surface area contributed by atoms with Crippen molar-refractivity contribution in [2.24, 2.45) is 5.92 Å². The van der Waals surface area contributed by atoms with Crippen molar-refractivity contribution in [1.29, 1.82) is 0 Å². The first kappa shape index (κ1) is 17.7. The van der Waals surface area contributed by atoms with Crippen LogP contribution in [0.4, 0.5) is 5.13 Å². The average molecular weight is 331 g/mol. The van der Waals surface area contributed by atoms with Gasteiger partial charge in [-0.2, -0.15) is 0 Å². The van der Waals surface area contributed by atoms with Crippen molar-refractivity contribution >= 4 is 40.0 Å². The smallest absolute Gasteiger partial charge is 0.239 e. The van der Waals surface area contributed by atoms with Crippen LogP contribution in [0, 0.1) is 5.92 Å². The standard InChI is InChI=1S/C12H21N5O2S2/c1-8(2)5-14-11-15-16-12(21-11)20-7-10(19)17(4)6-9(18)13-3/h8H,5-7H2,1-4H3,(H,13,18)(H,14,15). The zero-order valence-electron chi connectivity index (χ0n) is 12.7. The molecule has 1 heterocycles. The van der Waals surface area contributed by atoms with Crippen LogP contribution in [0.15, 0.2) is 4.34 Å². The van der Waals surface area contributed by atoms with Gasteiger partial charge < -0.3 is 15.5 Å². The Morgan fingerprint density at radius 3 is 2.71 bits per heavy atom. The molecule has 0 aliphatic rings. The molecule has 0 unspecified atom stereocenters. The summed E-state index contributed by atoms with van der Waals surface area (Å²) >= 11 is 2.76. The summed E-state index contributed by atoms with van der Waals surface area (Å²) in [4.78, 5) is 24.4. The highest BCUT2D eigenvalue weighted by Crippen LogP contribution is 2.25. The summed E-state index contributed by atoms with van der Waals surface area (Å²) in [5.41, 5.74) is 0. The van der Waals surface area contributed by atoms with Crippen LogP contribution in [0.5, 0.6) is 0 Å². The zero-order chi connectivity index (χ0) is 15.8. The summed E-state index contributed by atoms with van der Waals surface area (Å²) in [5, 5.41) is 14.5. The topological polar surface area (TPSA) is 87.2 Å². The van der Waals surface area contributed by atoms with Crippen molar-refractivity contribution in [2.45, 2.75) is 18.2 Å². The number of carbonyl (C=O) groups excluding carboxylic acids is 2. The summed E-state index contributed by atoms with van der Waals surface area (Å²) in [7, 11) is 3.15. The molecular formula is C12H21N5O2S2. The summed E-state index contributed by atoms with van der Waals surface area (Å²) in [5.74, 6) is 0.471. The first-order chi connectivity index (χ1) is 9.92. The van der Waals surface area contributed by atoms with Crippen LogP contribution < -0.4 is 10.6 Å². The summed E-state index contributed by atoms with van der Waals surface area (Å²) in [6, 6.07) is 0. The molecule has 0 aromatic carbocycles. The van der Waals surface area contributed by atoms with Gasteiger partial charge in [-0.25, -0.2) is 0 Å². The molecule has 2 N–H and O–H groups in total. The fourth-order valence-electron chi connectivity index (χ4n) is 1.25. The fraction of sp³-hybridized carbons (Fsp3) is 0.667. The van der Waals surface area contributed by atoms with E-state index in [4.69, 9.17) is 0 Å². The number of anilines is 1. The van der Waals surface area contributed by atoms with Crippen LogP contribution in [-0.2, 0) is 9.59 Å². The van der Waals surface area contributed by atoms with Crippen molar-refractivity contribution in [1.82, 2.24) is 20.4 Å². The summed E-state index contributed by atoms with van der Waals surface area (Å²) in [6.45, 7) is 5.13. The predicted octanol–water partition coefficient (Wildman–Crippen LogP) is 0.902. The van der Waals surface area contributed by atoms with Gasteiger partial charge in [-0.15, -0.1) is 10.2 Å². The maximum atomic E-state index is 11.9. The van der Waals surface area contributed by atoms with E-state index in [0.29, 0.717) is 5.92 Å². The Kier molecular flexibility index (Phi) is 7.44. The SMILES string of the molecule is CNC(=O)CN(C)C(=O)CSc1nnc(NCC(C)C)s1. The van der Waals surface area contributed by atoms with Crippen LogP contribution in [0.2, 0.25) is 0 Å². The maximum Gasteiger partial charge on any atom is 0.239 e. The van der Waals surface area contributed by atoms with Crippen LogP contribution >= 0.6 is 23.1 Å². The molecule has 1 aromatic heterocycles. The monoisotopic (exact) mass is 331 g/mol. The van der Waals surface area contributed by atoms with E-state index in [1.54, 1.807) is 14.1 Å². The lowest BCUT2D eigenvalue weighted by atomic mass is 10.2. The van der Waals surface area contributed by atoms with Gasteiger partial charge in [0.2, 0.25) is 16.9 Å². The van der Waals surface area contributed by atoms with Gasteiger partial charge in [0, 0.05) is 20.6 Å². The highest BCUT2D eigenvalue weighted by atomic mass is 32.2. The van der Waals surface area contributed by atoms with Crippen molar-refractivity contribution < 1.29 is 9.59 Å². The molecule has 0 saturated carbocycles. The van der Waals surface area contributed by atoms with Gasteiger partial charge >= 0.3 is 0 Å². The number of nitrogens with zero attached hydrogens (tertiary/aromatic N) is 3. The number of hydrogen-bond acceptors (Lipinski definition) is 7. The van der Waals surface area contributed by atoms with Crippen LogP contribution in [0.3, 0.4) is 0 Å². The molecule has 0 radical (unpaired) electrons. The normalized spacial score (nSPS) is 10.5. The quantitative estimate of drug-likeness (QED) is 0.688. The minimum atomic E-state index is -0.188. The number of aromatic nitrogens is 2. The van der Waals surface area contributed by atoms with E-state index < -0.39 is 0 Å². The first-order valence-electron chi connectivity index (χ1n) is 6.57. The lowest BCUT2D eigenvalue weighted by Crippen LogP contribution is -2.37. The maximum absolute atomic E-state index is 11.9. The number of carbonyl (C=O) groups is 2. The van der Waals surface area contributed by atoms with E-state index in [2.05, 4.69) is 34.7 Å². The Morgan fingerprint density at radius 1 is 1.38 bits per heavy atom. The van der Waals surface area contributed by atoms with E-state index in [0.717, 1.165) is 16.0 Å². The largest absolute Gasteiger partial charge is 0.360 e. The second-order valence-corrected chi connectivity index (χ2v) is 7.06. The number of rotatable bonds is 8. The molecule has 1 aromatic rings. The number of likely N-dealkylation sites (N-methyl/N-ethyl adjacent to an activating group) is 2. The molecule has 1 rings (SSSR count). The van der Waals surface area contributed by atoms with Gasteiger partial charge in [-0.05, 0) is 5.92 Å². The van der Waals surface area contributed by atoms with Crippen LogP contribution in [-0.4, -0.2) is 59.8 Å². The van der Waals surface area contributed by atoms with Gasteiger partial charge in [-0.3, -0.25) is 9.59 Å². The Morgan fingerprint density at radius 2 is 2.10 bits per heavy atom. The number of nitrogens with one attached hydrogen (secondary N) is 2. The Balaban J connectivity index is 2.37. The molecule has 0 aliphatic heterocycles. The molecule has 0 aliphatic carbocycles. The van der Waals surface area contributed by atoms with E-state index >= 15 is 0 Å². The molecule has 2 amide bonds. The second-order valence-electron chi connectivity index (χ2n) is 4.86. The molecule has 0 atom stereocenters. The third kappa shape index (κ3) is 6.76. The average Bonchev–Trinajstić information content (AvgIpc) is 2.90. The molecule has 0 fully saturated rings. The van der Waals surface area contributed by atoms with Gasteiger partial charge in [0.25, 0.3) is 0 Å². The molecular weight excluding hydrogens is 310 g/mol. The van der Waals surface area contributed by atoms with Gasteiger partial charge in [0.1, 0.15) is 0 Å². The number of thioether (sulfide) groups is 1. The van der Waals surface area contributed by atoms with Crippen LogP contribution in [0.1, 0.15) is 13.8 Å². The van der Waals surface area contributed by atoms with E-state index in [9.17, 15) is 9.59 Å². The summed E-state index contributed by atoms with van der Waals surface area (Å²) in [6.07, 6.45) is 0. The minimum Gasteiger partial charge on any atom is -0.360 e. The van der Waals surface area contributed by atoms with Crippen molar-refractivity contribution in [2.75, 3.05) is 38.3 Å². The predicted molar refractivity (Wildman–Crippen MR) is 85.7 cm³/mol. The third-order valence-electron chi connectivity index (χ3n) is 2.47. The van der Waals surface area contributed by atoms with E-state index in [-0.39, 0.29) is 24.1 Å². The lowest BCUT2D eigenvalue weighted by Gasteiger charge is -2.15. The molecule has 21 heavy (non-hydrogen) atoms. The first-order valence-corrected chi connectivity index (χ1v) is 8.37. The van der Waals surface area contributed by atoms with Crippen LogP contribution in [0.25, 0.3) is 0 Å². The Hall–Kier alpha value is -1.35. The number of hydrogen-bond donors (Lipinski definition) is 2. The molecule has 9 heteroatoms. The highest BCUT2D eigenvalue weighted by molar-refractivity contribution is 8.01. The molecule has 0 saturated heterocycles. The third-order valence-corrected chi connectivity index (χ3v) is 4.47. The van der Waals surface area contributed by atoms with E-state index in [1.807, 2.05) is 0 Å². The van der Waals surface area contributed by atoms with Gasteiger partial charge in [0.05, 0.1) is 12.3 Å². The van der Waals surface area contributed by atoms with Crippen molar-refractivity contribution in [3.8, 4) is 0 Å². The molecule has 118 valence electrons. The van der Waals surface area contributed by atoms with E-state index in [1.165, 1.54) is 28.0 Å². The van der Waals surface area contributed by atoms with Crippen molar-refractivity contribution in [3.63, 3.8) is 0 Å². The fourth-order valence-corrected chi connectivity index (χ4v) is 2.95. The van der Waals surface area contributed by atoms with Crippen molar-refractivity contribution in [3.05, 3.63) is 0 Å². The minimum absolute atomic E-state index is 0.0627. The van der Waals surface area contributed by atoms with Gasteiger partial charge in [0.15, 0.2) is 4.34 Å². The lowest BCUT2D eigenvalue weighted by molar-refractivity contribution is -0.132. The molecule has 7 nitrogen and oxygen atoms in total. The zero-order valence-corrected chi connectivity index (χ0v) is 14.3.